The third kappa shape index (κ3) is 5.39. The number of hydrogen-bond acceptors (Lipinski definition) is 7. The van der Waals surface area contributed by atoms with Crippen LogP contribution in [0.3, 0.4) is 0 Å². The summed E-state index contributed by atoms with van der Waals surface area (Å²) in [7, 11) is 3.98. The van der Waals surface area contributed by atoms with Crippen LogP contribution in [0, 0.1) is 0 Å². The highest BCUT2D eigenvalue weighted by atomic mass is 16.5. The summed E-state index contributed by atoms with van der Waals surface area (Å²) < 4.78 is 11.6. The molecule has 0 radical (unpaired) electrons. The molecule has 0 amide bonds. The Bertz CT molecular complexity index is 784. The van der Waals surface area contributed by atoms with Gasteiger partial charge in [-0.3, -0.25) is 4.90 Å². The number of anilines is 1. The smallest absolute Gasteiger partial charge is 0.330 e. The molecule has 0 saturated heterocycles. The fourth-order valence-corrected chi connectivity index (χ4v) is 2.43. The minimum Gasteiger partial charge on any atom is -0.424 e. The Morgan fingerprint density at radius 3 is 1.70 bits per heavy atom. The van der Waals surface area contributed by atoms with Gasteiger partial charge in [-0.1, -0.05) is 43.3 Å². The molecule has 0 aliphatic heterocycles. The Balaban J connectivity index is 1.89. The molecular weight excluding hydrogens is 342 g/mol. The van der Waals surface area contributed by atoms with Crippen molar-refractivity contribution in [2.75, 3.05) is 19.4 Å². The number of hydrogen-bond donors (Lipinski definition) is 1. The summed E-state index contributed by atoms with van der Waals surface area (Å²) in [6.45, 7) is 2.08. The van der Waals surface area contributed by atoms with Crippen LogP contribution >= 0.6 is 0 Å². The first-order valence-electron chi connectivity index (χ1n) is 8.79. The summed E-state index contributed by atoms with van der Waals surface area (Å²) in [6.07, 6.45) is 0.948. The lowest BCUT2D eigenvalue weighted by Crippen LogP contribution is -2.35. The minimum absolute atomic E-state index is 0.0709. The quantitative estimate of drug-likeness (QED) is 0.601. The number of nitrogens with zero attached hydrogens (tertiary/aromatic N) is 4. The average Bonchev–Trinajstić information content (AvgIpc) is 2.67. The van der Waals surface area contributed by atoms with Crippen LogP contribution in [0.15, 0.2) is 60.7 Å². The molecule has 1 heterocycles. The van der Waals surface area contributed by atoms with Gasteiger partial charge in [-0.2, -0.15) is 9.97 Å². The molecule has 1 atom stereocenters. The van der Waals surface area contributed by atoms with Crippen LogP contribution in [0.4, 0.5) is 5.95 Å². The van der Waals surface area contributed by atoms with Gasteiger partial charge < -0.3 is 14.8 Å². The number of ether oxygens (including phenoxy) is 2. The third-order valence-electron chi connectivity index (χ3n) is 3.80. The summed E-state index contributed by atoms with van der Waals surface area (Å²) in [4.78, 5) is 15.1. The van der Waals surface area contributed by atoms with Gasteiger partial charge in [-0.05, 0) is 44.8 Å². The van der Waals surface area contributed by atoms with Crippen LogP contribution < -0.4 is 14.8 Å². The maximum absolute atomic E-state index is 5.78. The topological polar surface area (TPSA) is 72.4 Å². The van der Waals surface area contributed by atoms with Crippen molar-refractivity contribution in [3.63, 3.8) is 0 Å². The Morgan fingerprint density at radius 2 is 1.30 bits per heavy atom. The van der Waals surface area contributed by atoms with E-state index in [4.69, 9.17) is 9.47 Å². The molecule has 140 valence electrons. The summed E-state index contributed by atoms with van der Waals surface area (Å²) in [5.41, 5.74) is 0. The average molecular weight is 365 g/mol. The summed E-state index contributed by atoms with van der Waals surface area (Å²) in [6, 6.07) is 19.1. The molecule has 0 saturated carbocycles. The lowest BCUT2D eigenvalue weighted by atomic mass is 10.3. The Morgan fingerprint density at radius 1 is 0.815 bits per heavy atom. The van der Waals surface area contributed by atoms with Crippen LogP contribution in [0.2, 0.25) is 0 Å². The van der Waals surface area contributed by atoms with Gasteiger partial charge in [0.2, 0.25) is 5.95 Å². The van der Waals surface area contributed by atoms with Crippen LogP contribution in [-0.2, 0) is 0 Å². The van der Waals surface area contributed by atoms with E-state index in [1.807, 2.05) is 74.8 Å². The lowest BCUT2D eigenvalue weighted by molar-refractivity contribution is 0.312. The summed E-state index contributed by atoms with van der Waals surface area (Å²) in [5.74, 6) is 1.67. The zero-order chi connectivity index (χ0) is 19.1. The van der Waals surface area contributed by atoms with Gasteiger partial charge >= 0.3 is 12.0 Å². The fraction of sp³-hybridized carbons (Fsp3) is 0.250. The standard InChI is InChI=1S/C20H23N5O2/c1-4-17(25(2)3)21-18-22-19(26-15-11-7-5-8-12-15)24-20(23-18)27-16-13-9-6-10-14-16/h5-14,17H,4H2,1-3H3,(H,21,22,23,24). The number of benzene rings is 2. The van der Waals surface area contributed by atoms with Gasteiger partial charge in [0, 0.05) is 0 Å². The molecule has 2 aromatic carbocycles. The molecule has 27 heavy (non-hydrogen) atoms. The predicted octanol–water partition coefficient (Wildman–Crippen LogP) is 4.17. The molecule has 0 bridgehead atoms. The van der Waals surface area contributed by atoms with Crippen molar-refractivity contribution >= 4 is 5.95 Å². The number of rotatable bonds is 8. The van der Waals surface area contributed by atoms with Crippen molar-refractivity contribution in [2.24, 2.45) is 0 Å². The molecule has 0 fully saturated rings. The van der Waals surface area contributed by atoms with E-state index in [0.717, 1.165) is 6.42 Å². The highest BCUT2D eigenvalue weighted by Gasteiger charge is 2.15. The molecule has 1 N–H and O–H groups in total. The Hall–Kier alpha value is -3.19. The highest BCUT2D eigenvalue weighted by molar-refractivity contribution is 5.33. The van der Waals surface area contributed by atoms with Gasteiger partial charge in [-0.25, -0.2) is 0 Å². The monoisotopic (exact) mass is 365 g/mol. The van der Waals surface area contributed by atoms with Crippen molar-refractivity contribution in [1.82, 2.24) is 19.9 Å². The van der Waals surface area contributed by atoms with E-state index >= 15 is 0 Å². The maximum Gasteiger partial charge on any atom is 0.330 e. The molecule has 1 unspecified atom stereocenters. The van der Waals surface area contributed by atoms with Crippen molar-refractivity contribution in [3.05, 3.63) is 60.7 Å². The van der Waals surface area contributed by atoms with Crippen molar-refractivity contribution < 1.29 is 9.47 Å². The van der Waals surface area contributed by atoms with Gasteiger partial charge in [0.05, 0.1) is 6.17 Å². The van der Waals surface area contributed by atoms with Crippen LogP contribution in [0.25, 0.3) is 0 Å². The Labute approximate surface area is 159 Å². The second-order valence-corrected chi connectivity index (χ2v) is 6.09. The minimum atomic E-state index is 0.0709. The molecule has 1 aromatic heterocycles. The first-order chi connectivity index (χ1) is 13.1. The zero-order valence-electron chi connectivity index (χ0n) is 15.7. The van der Waals surface area contributed by atoms with Crippen molar-refractivity contribution in [3.8, 4) is 23.5 Å². The number of para-hydroxylation sites is 2. The van der Waals surface area contributed by atoms with E-state index in [1.165, 1.54) is 0 Å². The highest BCUT2D eigenvalue weighted by Crippen LogP contribution is 2.23. The molecule has 3 aromatic rings. The van der Waals surface area contributed by atoms with Gasteiger partial charge in [0.1, 0.15) is 11.5 Å². The lowest BCUT2D eigenvalue weighted by Gasteiger charge is -2.24. The van der Waals surface area contributed by atoms with Crippen LogP contribution in [0.5, 0.6) is 23.5 Å². The first kappa shape index (κ1) is 18.6. The number of nitrogens with one attached hydrogen (secondary N) is 1. The van der Waals surface area contributed by atoms with Gasteiger partial charge in [0.15, 0.2) is 0 Å². The second kappa shape index (κ2) is 8.95. The first-order valence-corrected chi connectivity index (χ1v) is 8.79. The van der Waals surface area contributed by atoms with E-state index < -0.39 is 0 Å². The molecule has 3 rings (SSSR count). The van der Waals surface area contributed by atoms with Crippen molar-refractivity contribution in [2.45, 2.75) is 19.5 Å². The van der Waals surface area contributed by atoms with Gasteiger partial charge in [-0.15, -0.1) is 4.98 Å². The normalized spacial score (nSPS) is 11.9. The van der Waals surface area contributed by atoms with E-state index in [2.05, 4.69) is 32.1 Å². The van der Waals surface area contributed by atoms with Crippen molar-refractivity contribution in [1.29, 1.82) is 0 Å². The predicted molar refractivity (Wildman–Crippen MR) is 104 cm³/mol. The SMILES string of the molecule is CCC(Nc1nc(Oc2ccccc2)nc(Oc2ccccc2)n1)N(C)C. The van der Waals surface area contributed by atoms with E-state index in [-0.39, 0.29) is 18.2 Å². The fourth-order valence-electron chi connectivity index (χ4n) is 2.43. The largest absolute Gasteiger partial charge is 0.424 e. The molecule has 7 nitrogen and oxygen atoms in total. The maximum atomic E-state index is 5.78. The van der Waals surface area contributed by atoms with Crippen LogP contribution in [-0.4, -0.2) is 40.1 Å². The summed E-state index contributed by atoms with van der Waals surface area (Å²) >= 11 is 0. The Kier molecular flexibility index (Phi) is 6.17. The third-order valence-corrected chi connectivity index (χ3v) is 3.80. The molecule has 0 aliphatic rings. The molecule has 0 spiro atoms. The number of aromatic nitrogens is 3. The molecule has 7 heteroatoms. The van der Waals surface area contributed by atoms with E-state index in [9.17, 15) is 0 Å². The second-order valence-electron chi connectivity index (χ2n) is 6.09. The van der Waals surface area contributed by atoms with E-state index in [1.54, 1.807) is 0 Å². The summed E-state index contributed by atoms with van der Waals surface area (Å²) in [5, 5.41) is 3.28. The van der Waals surface area contributed by atoms with Gasteiger partial charge in [0.25, 0.3) is 0 Å². The molecule has 0 aliphatic carbocycles. The molecular formula is C20H23N5O2. The zero-order valence-corrected chi connectivity index (χ0v) is 15.7. The van der Waals surface area contributed by atoms with E-state index in [0.29, 0.717) is 17.4 Å². The van der Waals surface area contributed by atoms with Crippen LogP contribution in [0.1, 0.15) is 13.3 Å².